The van der Waals surface area contributed by atoms with Gasteiger partial charge < -0.3 is 9.84 Å². The highest BCUT2D eigenvalue weighted by atomic mass is 16.5. The van der Waals surface area contributed by atoms with E-state index in [4.69, 9.17) is 4.74 Å². The number of rotatable bonds is 4. The topological polar surface area (TPSA) is 122 Å². The second kappa shape index (κ2) is 8.08. The standard InChI is InChI=1S/C27H24N2O6/c30-20-10-14(35-12-13-4-2-1-3-5-13)6-7-16(20)21-15-8-9-17-22(26(33)28-24(17)31)18(15)11-19-23(21)27(34)29-25(19)32/h1-8,10,17-19,21-23,30H,9,11-12H2,(H,28,31,33)(H,29,32,34)/t17-,18+,19+,21+,22-,23+/m0/s1. The SMILES string of the molecule is O=C1NC(=O)[C@H]2CC=C3[C@@H](C[C@H]4C(=O)NC(=O)[C@H]4[C@H]3c3ccc(OCc4ccccc4)cc3O)[C@@H]12. The average Bonchev–Trinajstić information content (AvgIpc) is 3.31. The van der Waals surface area contributed by atoms with Crippen molar-refractivity contribution in [2.24, 2.45) is 29.6 Å². The van der Waals surface area contributed by atoms with Crippen LogP contribution in [0.3, 0.4) is 0 Å². The molecule has 0 aromatic heterocycles. The lowest BCUT2D eigenvalue weighted by Crippen LogP contribution is -2.42. The fourth-order valence-electron chi connectivity index (χ4n) is 6.37. The molecule has 178 valence electrons. The second-order valence-corrected chi connectivity index (χ2v) is 9.73. The summed E-state index contributed by atoms with van der Waals surface area (Å²) in [6.45, 7) is 0.337. The van der Waals surface area contributed by atoms with Gasteiger partial charge in [-0.05, 0) is 30.4 Å². The first kappa shape index (κ1) is 21.6. The highest BCUT2D eigenvalue weighted by Gasteiger charge is 2.59. The van der Waals surface area contributed by atoms with Gasteiger partial charge in [0, 0.05) is 17.5 Å². The van der Waals surface area contributed by atoms with E-state index in [1.807, 2.05) is 36.4 Å². The van der Waals surface area contributed by atoms with Crippen LogP contribution < -0.4 is 15.4 Å². The second-order valence-electron chi connectivity index (χ2n) is 9.73. The number of aromatic hydroxyl groups is 1. The molecule has 35 heavy (non-hydrogen) atoms. The molecule has 0 radical (unpaired) electrons. The van der Waals surface area contributed by atoms with Gasteiger partial charge in [0.1, 0.15) is 18.1 Å². The summed E-state index contributed by atoms with van der Waals surface area (Å²) in [6.07, 6.45) is 2.64. The maximum atomic E-state index is 12.9. The third kappa shape index (κ3) is 3.43. The van der Waals surface area contributed by atoms with Gasteiger partial charge in [0.2, 0.25) is 23.6 Å². The van der Waals surface area contributed by atoms with Gasteiger partial charge in [0.25, 0.3) is 0 Å². The molecule has 3 fully saturated rings. The first-order chi connectivity index (χ1) is 16.9. The van der Waals surface area contributed by atoms with Crippen molar-refractivity contribution in [3.8, 4) is 11.5 Å². The molecule has 3 N–H and O–H groups in total. The van der Waals surface area contributed by atoms with Crippen molar-refractivity contribution in [3.05, 3.63) is 71.3 Å². The van der Waals surface area contributed by atoms with Crippen molar-refractivity contribution >= 4 is 23.6 Å². The molecule has 8 heteroatoms. The molecular formula is C27H24N2O6. The van der Waals surface area contributed by atoms with Gasteiger partial charge in [0.15, 0.2) is 0 Å². The number of fused-ring (bicyclic) bond motifs is 4. The molecule has 2 heterocycles. The van der Waals surface area contributed by atoms with E-state index in [9.17, 15) is 24.3 Å². The minimum absolute atomic E-state index is 0.0397. The van der Waals surface area contributed by atoms with Crippen LogP contribution in [0.1, 0.15) is 29.9 Å². The predicted octanol–water partition coefficient (Wildman–Crippen LogP) is 2.18. The molecule has 6 rings (SSSR count). The Morgan fingerprint density at radius 1 is 0.829 bits per heavy atom. The van der Waals surface area contributed by atoms with Crippen molar-refractivity contribution < 1.29 is 29.0 Å². The van der Waals surface area contributed by atoms with Crippen molar-refractivity contribution in [3.63, 3.8) is 0 Å². The molecule has 2 aromatic rings. The third-order valence-corrected chi connectivity index (χ3v) is 7.92. The first-order valence-electron chi connectivity index (χ1n) is 11.8. The number of phenols is 1. The van der Waals surface area contributed by atoms with Crippen LogP contribution >= 0.6 is 0 Å². The molecule has 4 amide bonds. The van der Waals surface area contributed by atoms with Crippen LogP contribution in [0.4, 0.5) is 0 Å². The number of hydrogen-bond acceptors (Lipinski definition) is 6. The Morgan fingerprint density at radius 3 is 2.29 bits per heavy atom. The third-order valence-electron chi connectivity index (χ3n) is 7.92. The van der Waals surface area contributed by atoms with E-state index in [0.29, 0.717) is 30.8 Å². The van der Waals surface area contributed by atoms with Gasteiger partial charge in [-0.15, -0.1) is 0 Å². The van der Waals surface area contributed by atoms with Crippen LogP contribution in [-0.2, 0) is 25.8 Å². The Balaban J connectivity index is 1.36. The van der Waals surface area contributed by atoms with E-state index in [2.05, 4.69) is 10.6 Å². The minimum Gasteiger partial charge on any atom is -0.508 e. The van der Waals surface area contributed by atoms with E-state index in [-0.39, 0.29) is 35.3 Å². The van der Waals surface area contributed by atoms with Gasteiger partial charge in [0.05, 0.1) is 23.7 Å². The summed E-state index contributed by atoms with van der Waals surface area (Å²) in [5.74, 6) is -4.16. The molecule has 0 bridgehead atoms. The smallest absolute Gasteiger partial charge is 0.231 e. The lowest BCUT2D eigenvalue weighted by Gasteiger charge is -2.44. The van der Waals surface area contributed by atoms with E-state index in [0.717, 1.165) is 11.1 Å². The van der Waals surface area contributed by atoms with Crippen LogP contribution in [0.5, 0.6) is 11.5 Å². The predicted molar refractivity (Wildman–Crippen MR) is 123 cm³/mol. The maximum absolute atomic E-state index is 12.9. The number of allylic oxidation sites excluding steroid dienone is 2. The first-order valence-corrected chi connectivity index (χ1v) is 11.8. The van der Waals surface area contributed by atoms with Crippen LogP contribution in [0.25, 0.3) is 0 Å². The van der Waals surface area contributed by atoms with Crippen molar-refractivity contribution in [1.82, 2.24) is 10.6 Å². The number of ether oxygens (including phenoxy) is 1. The van der Waals surface area contributed by atoms with E-state index >= 15 is 0 Å². The number of imide groups is 2. The fraction of sp³-hybridized carbons (Fsp3) is 0.333. The van der Waals surface area contributed by atoms with Crippen LogP contribution in [0.15, 0.2) is 60.2 Å². The van der Waals surface area contributed by atoms with E-state index < -0.39 is 29.6 Å². The zero-order valence-electron chi connectivity index (χ0n) is 18.8. The summed E-state index contributed by atoms with van der Waals surface area (Å²) >= 11 is 0. The molecule has 0 unspecified atom stereocenters. The monoisotopic (exact) mass is 472 g/mol. The molecular weight excluding hydrogens is 448 g/mol. The number of carbonyl (C=O) groups excluding carboxylic acids is 4. The Hall–Kier alpha value is -3.94. The lowest BCUT2D eigenvalue weighted by molar-refractivity contribution is -0.128. The molecule has 2 aliphatic carbocycles. The van der Waals surface area contributed by atoms with Crippen LogP contribution in [0, 0.1) is 29.6 Å². The molecule has 0 spiro atoms. The summed E-state index contributed by atoms with van der Waals surface area (Å²) in [5, 5.41) is 15.9. The van der Waals surface area contributed by atoms with E-state index in [1.54, 1.807) is 12.1 Å². The zero-order valence-corrected chi connectivity index (χ0v) is 18.8. The van der Waals surface area contributed by atoms with Gasteiger partial charge in [-0.25, -0.2) is 0 Å². The van der Waals surface area contributed by atoms with Gasteiger partial charge in [-0.1, -0.05) is 48.0 Å². The number of benzene rings is 2. The summed E-state index contributed by atoms with van der Waals surface area (Å²) in [6, 6.07) is 14.6. The molecule has 6 atom stereocenters. The number of carbonyl (C=O) groups is 4. The normalized spacial score (nSPS) is 31.1. The highest BCUT2D eigenvalue weighted by molar-refractivity contribution is 6.07. The van der Waals surface area contributed by atoms with Crippen molar-refractivity contribution in [2.45, 2.75) is 25.4 Å². The fourth-order valence-corrected chi connectivity index (χ4v) is 6.37. The highest BCUT2D eigenvalue weighted by Crippen LogP contribution is 2.57. The van der Waals surface area contributed by atoms with Crippen molar-refractivity contribution in [2.75, 3.05) is 0 Å². The van der Waals surface area contributed by atoms with Crippen LogP contribution in [-0.4, -0.2) is 28.7 Å². The molecule has 2 aliphatic heterocycles. The molecule has 8 nitrogen and oxygen atoms in total. The number of amides is 4. The van der Waals surface area contributed by atoms with Crippen LogP contribution in [0.2, 0.25) is 0 Å². The Morgan fingerprint density at radius 2 is 1.54 bits per heavy atom. The quantitative estimate of drug-likeness (QED) is 0.463. The summed E-state index contributed by atoms with van der Waals surface area (Å²) in [5.41, 5.74) is 2.34. The van der Waals surface area contributed by atoms with Gasteiger partial charge >= 0.3 is 0 Å². The summed E-state index contributed by atoms with van der Waals surface area (Å²) < 4.78 is 5.83. The van der Waals surface area contributed by atoms with E-state index in [1.165, 1.54) is 6.07 Å². The maximum Gasteiger partial charge on any atom is 0.231 e. The summed E-state index contributed by atoms with van der Waals surface area (Å²) in [7, 11) is 0. The number of phenolic OH excluding ortho intramolecular Hbond substituents is 1. The zero-order chi connectivity index (χ0) is 24.3. The largest absolute Gasteiger partial charge is 0.508 e. The average molecular weight is 472 g/mol. The Kier molecular flexibility index (Phi) is 4.98. The lowest BCUT2D eigenvalue weighted by atomic mass is 9.57. The van der Waals surface area contributed by atoms with Gasteiger partial charge in [-0.2, -0.15) is 0 Å². The Labute approximate surface area is 201 Å². The molecule has 4 aliphatic rings. The molecule has 2 aromatic carbocycles. The molecule has 1 saturated carbocycles. The van der Waals surface area contributed by atoms with Gasteiger partial charge in [-0.3, -0.25) is 29.8 Å². The van der Waals surface area contributed by atoms with Crippen molar-refractivity contribution in [1.29, 1.82) is 0 Å². The number of nitrogens with one attached hydrogen (secondary N) is 2. The molecule has 2 saturated heterocycles. The summed E-state index contributed by atoms with van der Waals surface area (Å²) in [4.78, 5) is 50.5. The minimum atomic E-state index is -0.677. The Bertz CT molecular complexity index is 1290. The number of hydrogen-bond donors (Lipinski definition) is 3.